The van der Waals surface area contributed by atoms with E-state index in [1.165, 1.54) is 11.3 Å². The van der Waals surface area contributed by atoms with Gasteiger partial charge >= 0.3 is 0 Å². The number of thiophene rings is 1. The standard InChI is InChI=1S/C25H17N5OS/c1-14(31)22-6-7-23(32-22)25-18-12-21(28-19(18)8-10-27-25)24-17-11-15(4-5-20(17)29-30-24)16-3-2-9-26-13-16/h2-13,28H,1H3,(H,29,30). The van der Waals surface area contributed by atoms with Crippen molar-refractivity contribution in [1.29, 1.82) is 0 Å². The summed E-state index contributed by atoms with van der Waals surface area (Å²) in [6.07, 6.45) is 5.42. The molecule has 6 nitrogen and oxygen atoms in total. The maximum absolute atomic E-state index is 11.7. The third-order valence-electron chi connectivity index (χ3n) is 5.55. The number of hydrogen-bond donors (Lipinski definition) is 2. The highest BCUT2D eigenvalue weighted by Crippen LogP contribution is 2.36. The monoisotopic (exact) mass is 435 g/mol. The van der Waals surface area contributed by atoms with Crippen LogP contribution in [0.4, 0.5) is 0 Å². The van der Waals surface area contributed by atoms with E-state index in [1.807, 2.05) is 42.6 Å². The number of benzene rings is 1. The lowest BCUT2D eigenvalue weighted by Gasteiger charge is -2.01. The van der Waals surface area contributed by atoms with Crippen LogP contribution in [0.5, 0.6) is 0 Å². The van der Waals surface area contributed by atoms with Gasteiger partial charge in [0.15, 0.2) is 5.78 Å². The van der Waals surface area contributed by atoms with Gasteiger partial charge in [-0.1, -0.05) is 12.1 Å². The summed E-state index contributed by atoms with van der Waals surface area (Å²) in [6.45, 7) is 1.58. The average molecular weight is 436 g/mol. The maximum Gasteiger partial charge on any atom is 0.169 e. The van der Waals surface area contributed by atoms with Crippen molar-refractivity contribution < 1.29 is 4.79 Å². The van der Waals surface area contributed by atoms with Crippen LogP contribution in [-0.2, 0) is 0 Å². The summed E-state index contributed by atoms with van der Waals surface area (Å²) in [4.78, 5) is 25.8. The Hall–Kier alpha value is -4.10. The van der Waals surface area contributed by atoms with Crippen molar-refractivity contribution in [2.45, 2.75) is 6.92 Å². The Bertz CT molecular complexity index is 1610. The molecule has 5 heterocycles. The summed E-state index contributed by atoms with van der Waals surface area (Å²) < 4.78 is 0. The summed E-state index contributed by atoms with van der Waals surface area (Å²) in [6, 6.07) is 18.1. The second-order valence-electron chi connectivity index (χ2n) is 7.60. The van der Waals surface area contributed by atoms with Crippen LogP contribution in [0, 0.1) is 0 Å². The van der Waals surface area contributed by atoms with Gasteiger partial charge < -0.3 is 4.98 Å². The number of carbonyl (C=O) groups is 1. The van der Waals surface area contributed by atoms with Crippen molar-refractivity contribution in [3.8, 4) is 33.1 Å². The van der Waals surface area contributed by atoms with Gasteiger partial charge in [0, 0.05) is 40.4 Å². The number of carbonyl (C=O) groups excluding carboxylic acids is 1. The second-order valence-corrected chi connectivity index (χ2v) is 8.68. The molecule has 0 aliphatic rings. The summed E-state index contributed by atoms with van der Waals surface area (Å²) in [7, 11) is 0. The lowest BCUT2D eigenvalue weighted by Crippen LogP contribution is -1.83. The normalized spacial score (nSPS) is 11.4. The van der Waals surface area contributed by atoms with Crippen LogP contribution < -0.4 is 0 Å². The molecule has 7 heteroatoms. The van der Waals surface area contributed by atoms with Gasteiger partial charge in [-0.15, -0.1) is 11.3 Å². The molecule has 0 spiro atoms. The number of H-pyrrole nitrogens is 2. The molecule has 0 radical (unpaired) electrons. The van der Waals surface area contributed by atoms with Gasteiger partial charge in [-0.25, -0.2) is 0 Å². The first-order chi connectivity index (χ1) is 15.7. The average Bonchev–Trinajstić information content (AvgIpc) is 3.56. The number of aromatic amines is 2. The van der Waals surface area contributed by atoms with E-state index in [1.54, 1.807) is 19.3 Å². The van der Waals surface area contributed by atoms with Gasteiger partial charge in [0.2, 0.25) is 0 Å². The van der Waals surface area contributed by atoms with E-state index in [4.69, 9.17) is 0 Å². The molecule has 0 aliphatic heterocycles. The van der Waals surface area contributed by atoms with Crippen molar-refractivity contribution in [3.05, 3.63) is 78.1 Å². The van der Waals surface area contributed by atoms with E-state index in [0.717, 1.165) is 59.8 Å². The minimum absolute atomic E-state index is 0.0654. The van der Waals surface area contributed by atoms with Gasteiger partial charge in [0.25, 0.3) is 0 Å². The molecule has 5 aromatic heterocycles. The molecule has 0 unspecified atom stereocenters. The first-order valence-electron chi connectivity index (χ1n) is 10.1. The molecule has 6 rings (SSSR count). The third kappa shape index (κ3) is 3.02. The number of pyridine rings is 2. The summed E-state index contributed by atoms with van der Waals surface area (Å²) >= 11 is 1.46. The van der Waals surface area contributed by atoms with Crippen molar-refractivity contribution in [2.24, 2.45) is 0 Å². The molecule has 0 aliphatic carbocycles. The van der Waals surface area contributed by atoms with Gasteiger partial charge in [0.05, 0.1) is 26.7 Å². The zero-order chi connectivity index (χ0) is 21.7. The van der Waals surface area contributed by atoms with E-state index in [0.29, 0.717) is 0 Å². The Morgan fingerprint density at radius 3 is 2.62 bits per heavy atom. The predicted molar refractivity (Wildman–Crippen MR) is 128 cm³/mol. The molecule has 0 atom stereocenters. The molecule has 32 heavy (non-hydrogen) atoms. The first-order valence-corrected chi connectivity index (χ1v) is 11.0. The van der Waals surface area contributed by atoms with Gasteiger partial charge in [0.1, 0.15) is 5.69 Å². The smallest absolute Gasteiger partial charge is 0.169 e. The predicted octanol–water partition coefficient (Wildman–Crippen LogP) is 6.10. The van der Waals surface area contributed by atoms with Crippen LogP contribution in [0.15, 0.2) is 73.2 Å². The first kappa shape index (κ1) is 18.7. The van der Waals surface area contributed by atoms with Crippen LogP contribution in [0.1, 0.15) is 16.6 Å². The molecule has 6 aromatic rings. The van der Waals surface area contributed by atoms with Crippen molar-refractivity contribution in [1.82, 2.24) is 25.1 Å². The molecule has 0 amide bonds. The van der Waals surface area contributed by atoms with Crippen LogP contribution in [0.25, 0.3) is 54.9 Å². The minimum atomic E-state index is 0.0654. The highest BCUT2D eigenvalue weighted by Gasteiger charge is 2.16. The minimum Gasteiger partial charge on any atom is -0.353 e. The third-order valence-corrected chi connectivity index (χ3v) is 6.74. The molecule has 0 bridgehead atoms. The highest BCUT2D eigenvalue weighted by atomic mass is 32.1. The fraction of sp³-hybridized carbons (Fsp3) is 0.0400. The number of rotatable bonds is 4. The number of ketones is 1. The van der Waals surface area contributed by atoms with Crippen molar-refractivity contribution in [3.63, 3.8) is 0 Å². The lowest BCUT2D eigenvalue weighted by molar-refractivity contribution is 0.102. The van der Waals surface area contributed by atoms with E-state index >= 15 is 0 Å². The number of hydrogen-bond acceptors (Lipinski definition) is 5. The molecule has 154 valence electrons. The largest absolute Gasteiger partial charge is 0.353 e. The Kier molecular flexibility index (Phi) is 4.22. The number of nitrogens with zero attached hydrogens (tertiary/aromatic N) is 3. The van der Waals surface area contributed by atoms with Gasteiger partial charge in [-0.3, -0.25) is 19.9 Å². The zero-order valence-corrected chi connectivity index (χ0v) is 17.9. The molecular formula is C25H17N5OS. The number of fused-ring (bicyclic) bond motifs is 2. The summed E-state index contributed by atoms with van der Waals surface area (Å²) in [5.74, 6) is 0.0654. The van der Waals surface area contributed by atoms with E-state index < -0.39 is 0 Å². The second kappa shape index (κ2) is 7.25. The van der Waals surface area contributed by atoms with Crippen molar-refractivity contribution >= 4 is 38.9 Å². The quantitative estimate of drug-likeness (QED) is 0.328. The summed E-state index contributed by atoms with van der Waals surface area (Å²) in [5, 5.41) is 9.76. The number of aromatic nitrogens is 5. The summed E-state index contributed by atoms with van der Waals surface area (Å²) in [5.41, 5.74) is 6.70. The van der Waals surface area contributed by atoms with Crippen LogP contribution >= 0.6 is 11.3 Å². The zero-order valence-electron chi connectivity index (χ0n) is 17.1. The van der Waals surface area contributed by atoms with E-state index in [-0.39, 0.29) is 5.78 Å². The topological polar surface area (TPSA) is 87.3 Å². The van der Waals surface area contributed by atoms with Crippen LogP contribution in [0.3, 0.4) is 0 Å². The Balaban J connectivity index is 1.49. The van der Waals surface area contributed by atoms with Crippen LogP contribution in [-0.4, -0.2) is 30.9 Å². The van der Waals surface area contributed by atoms with Gasteiger partial charge in [-0.2, -0.15) is 5.10 Å². The van der Waals surface area contributed by atoms with Crippen LogP contribution in [0.2, 0.25) is 0 Å². The Labute approximate surface area is 187 Å². The fourth-order valence-electron chi connectivity index (χ4n) is 3.96. The maximum atomic E-state index is 11.7. The number of Topliss-reactive ketones (excluding diaryl/α,β-unsaturated/α-hetero) is 1. The van der Waals surface area contributed by atoms with E-state index in [2.05, 4.69) is 43.3 Å². The lowest BCUT2D eigenvalue weighted by atomic mass is 10.0. The molecule has 0 saturated heterocycles. The Morgan fingerprint density at radius 1 is 0.906 bits per heavy atom. The van der Waals surface area contributed by atoms with E-state index in [9.17, 15) is 4.79 Å². The highest BCUT2D eigenvalue weighted by molar-refractivity contribution is 7.17. The SMILES string of the molecule is CC(=O)c1ccc(-c2nccc3[nH]c(-c4n[nH]c5ccc(-c6cccnc6)cc45)cc23)s1. The molecule has 1 aromatic carbocycles. The molecular weight excluding hydrogens is 418 g/mol. The van der Waals surface area contributed by atoms with Crippen molar-refractivity contribution in [2.75, 3.05) is 0 Å². The molecule has 0 saturated carbocycles. The number of nitrogens with one attached hydrogen (secondary N) is 2. The molecule has 2 N–H and O–H groups in total. The molecule has 0 fully saturated rings. The van der Waals surface area contributed by atoms with Gasteiger partial charge in [-0.05, 0) is 55.0 Å². The Morgan fingerprint density at radius 2 is 1.81 bits per heavy atom. The fourth-order valence-corrected chi connectivity index (χ4v) is 4.88.